The molecule has 1 heterocycles. The first-order chi connectivity index (χ1) is 8.70. The van der Waals surface area contributed by atoms with E-state index in [1.165, 1.54) is 29.7 Å². The molecule has 0 saturated carbocycles. The Kier molecular flexibility index (Phi) is 4.61. The van der Waals surface area contributed by atoms with Gasteiger partial charge in [0.15, 0.2) is 0 Å². The van der Waals surface area contributed by atoms with Crippen molar-refractivity contribution >= 4 is 5.69 Å². The second kappa shape index (κ2) is 6.21. The minimum Gasteiger partial charge on any atom is -0.376 e. The van der Waals surface area contributed by atoms with Gasteiger partial charge in [0.1, 0.15) is 0 Å². The maximum Gasteiger partial charge on any atom is 0.0750 e. The Labute approximate surface area is 110 Å². The van der Waals surface area contributed by atoms with Crippen molar-refractivity contribution in [2.24, 2.45) is 5.73 Å². The molecular weight excluding hydrogens is 224 g/mol. The highest BCUT2D eigenvalue weighted by atomic mass is 16.5. The Morgan fingerprint density at radius 2 is 2.28 bits per heavy atom. The van der Waals surface area contributed by atoms with Crippen LogP contribution in [0.1, 0.15) is 24.0 Å². The number of anilines is 1. The lowest BCUT2D eigenvalue weighted by Gasteiger charge is -2.23. The van der Waals surface area contributed by atoms with E-state index in [-0.39, 0.29) is 0 Å². The average Bonchev–Trinajstić information content (AvgIpc) is 2.84. The molecular formula is C15H24N2O. The third kappa shape index (κ3) is 3.24. The van der Waals surface area contributed by atoms with Gasteiger partial charge in [0.2, 0.25) is 0 Å². The van der Waals surface area contributed by atoms with E-state index in [1.54, 1.807) is 0 Å². The smallest absolute Gasteiger partial charge is 0.0750 e. The van der Waals surface area contributed by atoms with Crippen molar-refractivity contribution in [1.29, 1.82) is 0 Å². The Bertz CT molecular complexity index is 386. The molecule has 1 aromatic rings. The van der Waals surface area contributed by atoms with Crippen molar-refractivity contribution in [3.8, 4) is 0 Å². The number of rotatable bonds is 5. The maximum atomic E-state index is 5.68. The molecule has 1 unspecified atom stereocenters. The van der Waals surface area contributed by atoms with E-state index in [1.807, 2.05) is 0 Å². The van der Waals surface area contributed by atoms with Gasteiger partial charge in [0, 0.05) is 25.9 Å². The Balaban J connectivity index is 2.01. The summed E-state index contributed by atoms with van der Waals surface area (Å²) in [6.45, 7) is 4.78. The first-order valence-electron chi connectivity index (χ1n) is 6.83. The zero-order valence-corrected chi connectivity index (χ0v) is 11.5. The van der Waals surface area contributed by atoms with E-state index in [0.717, 1.165) is 19.6 Å². The average molecular weight is 248 g/mol. The lowest BCUT2D eigenvalue weighted by molar-refractivity contribution is 0.116. The van der Waals surface area contributed by atoms with Crippen LogP contribution in [0.5, 0.6) is 0 Å². The zero-order valence-electron chi connectivity index (χ0n) is 11.5. The molecule has 2 N–H and O–H groups in total. The van der Waals surface area contributed by atoms with E-state index in [4.69, 9.17) is 10.5 Å². The third-order valence-electron chi connectivity index (χ3n) is 3.68. The van der Waals surface area contributed by atoms with Crippen LogP contribution in [0.25, 0.3) is 0 Å². The molecule has 0 bridgehead atoms. The van der Waals surface area contributed by atoms with Crippen LogP contribution in [0.4, 0.5) is 5.69 Å². The second-order valence-corrected chi connectivity index (χ2v) is 5.17. The molecule has 1 aromatic carbocycles. The summed E-state index contributed by atoms with van der Waals surface area (Å²) in [6, 6.07) is 6.64. The van der Waals surface area contributed by atoms with Gasteiger partial charge in [-0.05, 0) is 56.0 Å². The number of benzene rings is 1. The van der Waals surface area contributed by atoms with Gasteiger partial charge in [-0.3, -0.25) is 0 Å². The summed E-state index contributed by atoms with van der Waals surface area (Å²) in [6.07, 6.45) is 3.75. The van der Waals surface area contributed by atoms with Gasteiger partial charge in [-0.25, -0.2) is 0 Å². The van der Waals surface area contributed by atoms with Crippen LogP contribution in [0.15, 0.2) is 18.2 Å². The first-order valence-corrected chi connectivity index (χ1v) is 6.83. The van der Waals surface area contributed by atoms with Crippen molar-refractivity contribution in [3.05, 3.63) is 29.3 Å². The zero-order chi connectivity index (χ0) is 13.0. The molecule has 3 nitrogen and oxygen atoms in total. The van der Waals surface area contributed by atoms with Gasteiger partial charge < -0.3 is 15.4 Å². The predicted molar refractivity (Wildman–Crippen MR) is 76.2 cm³/mol. The van der Waals surface area contributed by atoms with Gasteiger partial charge in [0.25, 0.3) is 0 Å². The van der Waals surface area contributed by atoms with E-state index in [2.05, 4.69) is 37.1 Å². The Morgan fingerprint density at radius 1 is 1.44 bits per heavy atom. The molecule has 0 radical (unpaired) electrons. The van der Waals surface area contributed by atoms with E-state index < -0.39 is 0 Å². The molecule has 1 atom stereocenters. The second-order valence-electron chi connectivity index (χ2n) is 5.17. The van der Waals surface area contributed by atoms with Crippen LogP contribution in [0, 0.1) is 6.92 Å². The molecule has 1 saturated heterocycles. The lowest BCUT2D eigenvalue weighted by atomic mass is 10.0. The van der Waals surface area contributed by atoms with Gasteiger partial charge in [-0.15, -0.1) is 0 Å². The maximum absolute atomic E-state index is 5.68. The summed E-state index contributed by atoms with van der Waals surface area (Å²) in [4.78, 5) is 2.29. The summed E-state index contributed by atoms with van der Waals surface area (Å²) >= 11 is 0. The SMILES string of the molecule is Cc1cc(N(C)CC2CCCO2)ccc1CCN. The monoisotopic (exact) mass is 248 g/mol. The highest BCUT2D eigenvalue weighted by molar-refractivity contribution is 5.50. The van der Waals surface area contributed by atoms with Crippen LogP contribution >= 0.6 is 0 Å². The van der Waals surface area contributed by atoms with Crippen molar-refractivity contribution in [3.63, 3.8) is 0 Å². The molecule has 0 aromatic heterocycles. The summed E-state index contributed by atoms with van der Waals surface area (Å²) in [5.41, 5.74) is 9.56. The quantitative estimate of drug-likeness (QED) is 0.867. The van der Waals surface area contributed by atoms with Crippen molar-refractivity contribution in [1.82, 2.24) is 0 Å². The molecule has 0 spiro atoms. The molecule has 3 heteroatoms. The summed E-state index contributed by atoms with van der Waals surface area (Å²) < 4.78 is 5.68. The number of hydrogen-bond donors (Lipinski definition) is 1. The fourth-order valence-electron chi connectivity index (χ4n) is 2.55. The fourth-order valence-corrected chi connectivity index (χ4v) is 2.55. The topological polar surface area (TPSA) is 38.5 Å². The highest BCUT2D eigenvalue weighted by Crippen LogP contribution is 2.21. The standard InChI is InChI=1S/C15H24N2O/c1-12-10-14(6-5-13(12)7-8-16)17(2)11-15-4-3-9-18-15/h5-6,10,15H,3-4,7-9,11,16H2,1-2H3. The van der Waals surface area contributed by atoms with E-state index in [9.17, 15) is 0 Å². The van der Waals surface area contributed by atoms with Gasteiger partial charge in [-0.1, -0.05) is 6.07 Å². The fraction of sp³-hybridized carbons (Fsp3) is 0.600. The Hall–Kier alpha value is -1.06. The molecule has 0 aliphatic carbocycles. The molecule has 1 aliphatic heterocycles. The number of nitrogens with two attached hydrogens (primary N) is 1. The van der Waals surface area contributed by atoms with Crippen LogP contribution in [-0.4, -0.2) is 32.8 Å². The molecule has 100 valence electrons. The number of hydrogen-bond acceptors (Lipinski definition) is 3. The van der Waals surface area contributed by atoms with Crippen molar-refractivity contribution < 1.29 is 4.74 Å². The number of ether oxygens (including phenoxy) is 1. The third-order valence-corrected chi connectivity index (χ3v) is 3.68. The van der Waals surface area contributed by atoms with Crippen LogP contribution in [0.2, 0.25) is 0 Å². The highest BCUT2D eigenvalue weighted by Gasteiger charge is 2.17. The van der Waals surface area contributed by atoms with Crippen molar-refractivity contribution in [2.45, 2.75) is 32.3 Å². The number of nitrogens with zero attached hydrogens (tertiary/aromatic N) is 1. The number of likely N-dealkylation sites (N-methyl/N-ethyl adjacent to an activating group) is 1. The number of aryl methyl sites for hydroxylation is 1. The van der Waals surface area contributed by atoms with Gasteiger partial charge in [0.05, 0.1) is 6.10 Å². The summed E-state index contributed by atoms with van der Waals surface area (Å²) in [7, 11) is 2.14. The minimum absolute atomic E-state index is 0.402. The molecule has 1 fully saturated rings. The molecule has 0 amide bonds. The van der Waals surface area contributed by atoms with Crippen LogP contribution < -0.4 is 10.6 Å². The Morgan fingerprint density at radius 3 is 2.89 bits per heavy atom. The van der Waals surface area contributed by atoms with Gasteiger partial charge >= 0.3 is 0 Å². The molecule has 18 heavy (non-hydrogen) atoms. The predicted octanol–water partition coefficient (Wildman–Crippen LogP) is 2.11. The summed E-state index contributed by atoms with van der Waals surface area (Å²) in [5, 5.41) is 0. The van der Waals surface area contributed by atoms with E-state index in [0.29, 0.717) is 12.6 Å². The van der Waals surface area contributed by atoms with Gasteiger partial charge in [-0.2, -0.15) is 0 Å². The van der Waals surface area contributed by atoms with Crippen molar-refractivity contribution in [2.75, 3.05) is 31.6 Å². The minimum atomic E-state index is 0.402. The molecule has 1 aliphatic rings. The first kappa shape index (κ1) is 13.4. The normalized spacial score (nSPS) is 19.2. The van der Waals surface area contributed by atoms with E-state index >= 15 is 0 Å². The largest absolute Gasteiger partial charge is 0.376 e. The molecule has 2 rings (SSSR count). The van der Waals surface area contributed by atoms with Crippen LogP contribution in [-0.2, 0) is 11.2 Å². The lowest BCUT2D eigenvalue weighted by Crippen LogP contribution is -2.28. The summed E-state index contributed by atoms with van der Waals surface area (Å²) in [5.74, 6) is 0. The van der Waals surface area contributed by atoms with Crippen LogP contribution in [0.3, 0.4) is 0 Å².